The molecule has 0 aromatic carbocycles. The lowest BCUT2D eigenvalue weighted by Gasteiger charge is -2.01. The van der Waals surface area contributed by atoms with Gasteiger partial charge in [0.05, 0.1) is 0 Å². The Labute approximate surface area is 81.6 Å². The maximum Gasteiger partial charge on any atom is 0.188 e. The minimum absolute atomic E-state index is 0.874. The average molecular weight is 200 g/mol. The lowest BCUT2D eigenvalue weighted by atomic mass is 10.3. The first-order valence-electron chi connectivity index (χ1n) is 3.76. The van der Waals surface area contributed by atoms with Crippen molar-refractivity contribution in [2.24, 2.45) is 0 Å². The Bertz CT molecular complexity index is 208. The molecule has 0 saturated heterocycles. The number of rotatable bonds is 3. The lowest BCUT2D eigenvalue weighted by molar-refractivity contribution is 0.837. The summed E-state index contributed by atoms with van der Waals surface area (Å²) in [4.78, 5) is 8.69. The molecular weight excluding hydrogens is 188 g/mol. The molecule has 1 aromatic rings. The van der Waals surface area contributed by atoms with Gasteiger partial charge in [0.15, 0.2) is 5.16 Å². The Balaban J connectivity index is 3.01. The smallest absolute Gasteiger partial charge is 0.188 e. The topological polar surface area (TPSA) is 25.8 Å². The number of aromatic nitrogens is 2. The number of hydrogen-bond donors (Lipinski definition) is 0. The highest BCUT2D eigenvalue weighted by molar-refractivity contribution is 7.99. The summed E-state index contributed by atoms with van der Waals surface area (Å²) in [6, 6.07) is 2.05. The van der Waals surface area contributed by atoms with E-state index in [2.05, 4.69) is 16.9 Å². The van der Waals surface area contributed by atoms with Gasteiger partial charge >= 0.3 is 0 Å². The Kier molecular flexibility index (Phi) is 3.88. The molecule has 0 aliphatic carbocycles. The number of aryl methyl sites for hydroxylation is 1. The highest BCUT2D eigenvalue weighted by atomic mass is 32.2. The van der Waals surface area contributed by atoms with Crippen molar-refractivity contribution >= 4 is 23.5 Å². The minimum atomic E-state index is 0.874. The Morgan fingerprint density at radius 3 is 2.50 bits per heavy atom. The normalized spacial score (nSPS) is 10.2. The number of nitrogens with zero attached hydrogens (tertiary/aromatic N) is 2. The van der Waals surface area contributed by atoms with Crippen LogP contribution in [0.3, 0.4) is 0 Å². The van der Waals surface area contributed by atoms with Crippen molar-refractivity contribution in [3.8, 4) is 0 Å². The van der Waals surface area contributed by atoms with Crippen molar-refractivity contribution in [1.29, 1.82) is 0 Å². The summed E-state index contributed by atoms with van der Waals surface area (Å²) in [7, 11) is 0. The molecular formula is C8H12N2S2. The fraction of sp³-hybridized carbons (Fsp3) is 0.500. The van der Waals surface area contributed by atoms with Crippen molar-refractivity contribution in [2.75, 3.05) is 12.5 Å². The van der Waals surface area contributed by atoms with E-state index in [-0.39, 0.29) is 0 Å². The zero-order valence-corrected chi connectivity index (χ0v) is 9.13. The van der Waals surface area contributed by atoms with E-state index >= 15 is 0 Å². The monoisotopic (exact) mass is 200 g/mol. The molecule has 2 nitrogen and oxygen atoms in total. The van der Waals surface area contributed by atoms with Crippen LogP contribution in [-0.2, 0) is 6.42 Å². The fourth-order valence-corrected chi connectivity index (χ4v) is 1.71. The third kappa shape index (κ3) is 2.38. The lowest BCUT2D eigenvalue weighted by Crippen LogP contribution is -1.93. The van der Waals surface area contributed by atoms with E-state index in [0.29, 0.717) is 0 Å². The number of hydrogen-bond acceptors (Lipinski definition) is 4. The van der Waals surface area contributed by atoms with Gasteiger partial charge in [-0.3, -0.25) is 0 Å². The van der Waals surface area contributed by atoms with Crippen molar-refractivity contribution in [2.45, 2.75) is 23.5 Å². The SMILES string of the molecule is CCc1cc(SC)nc(SC)n1. The Morgan fingerprint density at radius 1 is 1.25 bits per heavy atom. The summed E-state index contributed by atoms with van der Waals surface area (Å²) in [5, 5.41) is 1.94. The largest absolute Gasteiger partial charge is 0.228 e. The molecule has 1 heterocycles. The first-order valence-corrected chi connectivity index (χ1v) is 6.21. The van der Waals surface area contributed by atoms with E-state index in [1.165, 1.54) is 0 Å². The molecule has 0 aliphatic rings. The molecule has 0 amide bonds. The van der Waals surface area contributed by atoms with Crippen LogP contribution in [-0.4, -0.2) is 22.5 Å². The molecule has 0 N–H and O–H groups in total. The van der Waals surface area contributed by atoms with Crippen molar-refractivity contribution in [1.82, 2.24) is 9.97 Å². The van der Waals surface area contributed by atoms with E-state index in [9.17, 15) is 0 Å². The molecule has 66 valence electrons. The van der Waals surface area contributed by atoms with E-state index in [1.807, 2.05) is 18.6 Å². The van der Waals surface area contributed by atoms with Crippen LogP contribution in [0.2, 0.25) is 0 Å². The van der Waals surface area contributed by atoms with Crippen molar-refractivity contribution < 1.29 is 0 Å². The van der Waals surface area contributed by atoms with E-state index in [4.69, 9.17) is 0 Å². The Hall–Kier alpha value is -0.220. The molecule has 0 fully saturated rings. The predicted molar refractivity (Wildman–Crippen MR) is 55.0 cm³/mol. The summed E-state index contributed by atoms with van der Waals surface area (Å²) >= 11 is 3.26. The fourth-order valence-electron chi connectivity index (χ4n) is 0.826. The van der Waals surface area contributed by atoms with Crippen LogP contribution in [0.5, 0.6) is 0 Å². The van der Waals surface area contributed by atoms with Gasteiger partial charge in [0.1, 0.15) is 5.03 Å². The zero-order chi connectivity index (χ0) is 8.97. The quantitative estimate of drug-likeness (QED) is 0.425. The second-order valence-electron chi connectivity index (χ2n) is 2.24. The first-order chi connectivity index (χ1) is 5.80. The van der Waals surface area contributed by atoms with Crippen LogP contribution in [0.4, 0.5) is 0 Å². The van der Waals surface area contributed by atoms with Crippen molar-refractivity contribution in [3.63, 3.8) is 0 Å². The average Bonchev–Trinajstić information content (AvgIpc) is 2.16. The molecule has 12 heavy (non-hydrogen) atoms. The summed E-state index contributed by atoms with van der Waals surface area (Å²) < 4.78 is 0. The molecule has 0 atom stereocenters. The third-order valence-electron chi connectivity index (χ3n) is 1.49. The van der Waals surface area contributed by atoms with Gasteiger partial charge < -0.3 is 0 Å². The van der Waals surface area contributed by atoms with Crippen molar-refractivity contribution in [3.05, 3.63) is 11.8 Å². The molecule has 0 unspecified atom stereocenters. The molecule has 1 rings (SSSR count). The summed E-state index contributed by atoms with van der Waals surface area (Å²) in [6.07, 6.45) is 5.01. The molecule has 0 saturated carbocycles. The molecule has 1 aromatic heterocycles. The van der Waals surface area contributed by atoms with Gasteiger partial charge in [0.2, 0.25) is 0 Å². The van der Waals surface area contributed by atoms with Gasteiger partial charge in [0, 0.05) is 5.69 Å². The Morgan fingerprint density at radius 2 is 2.00 bits per heavy atom. The van der Waals surface area contributed by atoms with Gasteiger partial charge in [-0.25, -0.2) is 9.97 Å². The van der Waals surface area contributed by atoms with E-state index < -0.39 is 0 Å². The van der Waals surface area contributed by atoms with E-state index in [0.717, 1.165) is 22.3 Å². The maximum atomic E-state index is 4.36. The van der Waals surface area contributed by atoms with Gasteiger partial charge in [-0.15, -0.1) is 11.8 Å². The van der Waals surface area contributed by atoms with Crippen LogP contribution in [0, 0.1) is 0 Å². The predicted octanol–water partition coefficient (Wildman–Crippen LogP) is 2.48. The molecule has 0 bridgehead atoms. The van der Waals surface area contributed by atoms with Gasteiger partial charge in [-0.1, -0.05) is 18.7 Å². The van der Waals surface area contributed by atoms with Gasteiger partial charge in [-0.2, -0.15) is 0 Å². The van der Waals surface area contributed by atoms with Crippen LogP contribution in [0.15, 0.2) is 16.2 Å². The molecule has 0 spiro atoms. The first kappa shape index (κ1) is 9.86. The standard InChI is InChI=1S/C8H12N2S2/c1-4-6-5-7(11-2)10-8(9-6)12-3/h5H,4H2,1-3H3. The van der Waals surface area contributed by atoms with Crippen LogP contribution < -0.4 is 0 Å². The maximum absolute atomic E-state index is 4.36. The van der Waals surface area contributed by atoms with Crippen LogP contribution in [0.1, 0.15) is 12.6 Å². The van der Waals surface area contributed by atoms with Gasteiger partial charge in [-0.05, 0) is 25.0 Å². The highest BCUT2D eigenvalue weighted by Gasteiger charge is 2.00. The van der Waals surface area contributed by atoms with Crippen LogP contribution >= 0.6 is 23.5 Å². The second-order valence-corrected chi connectivity index (χ2v) is 3.84. The van der Waals surface area contributed by atoms with E-state index in [1.54, 1.807) is 23.5 Å². The van der Waals surface area contributed by atoms with Crippen LogP contribution in [0.25, 0.3) is 0 Å². The van der Waals surface area contributed by atoms with Gasteiger partial charge in [0.25, 0.3) is 0 Å². The minimum Gasteiger partial charge on any atom is -0.228 e. The molecule has 0 aliphatic heterocycles. The number of thioether (sulfide) groups is 2. The summed E-state index contributed by atoms with van der Waals surface area (Å²) in [5.74, 6) is 0. The molecule has 0 radical (unpaired) electrons. The third-order valence-corrected chi connectivity index (χ3v) is 2.66. The summed E-state index contributed by atoms with van der Waals surface area (Å²) in [6.45, 7) is 2.11. The molecule has 4 heteroatoms. The summed E-state index contributed by atoms with van der Waals surface area (Å²) in [5.41, 5.74) is 1.12. The zero-order valence-electron chi connectivity index (χ0n) is 7.50. The highest BCUT2D eigenvalue weighted by Crippen LogP contribution is 2.17. The second kappa shape index (κ2) is 4.72.